The highest BCUT2D eigenvalue weighted by atomic mass is 35.5. The van der Waals surface area contributed by atoms with Gasteiger partial charge in [-0.1, -0.05) is 30.7 Å². The number of Topliss-reactive ketones (excluding diaryl/α,β-unsaturated/α-hetero) is 1. The van der Waals surface area contributed by atoms with E-state index in [-0.39, 0.29) is 5.78 Å². The molecule has 3 nitrogen and oxygen atoms in total. The van der Waals surface area contributed by atoms with Crippen LogP contribution in [0.5, 0.6) is 0 Å². The molecule has 0 saturated heterocycles. The van der Waals surface area contributed by atoms with E-state index >= 15 is 0 Å². The minimum absolute atomic E-state index is 0.149. The molecule has 102 valence electrons. The SMILES string of the molecule is CCOC(C)(CC)C(=O)c1cc2cccc(Cl)c2o1. The van der Waals surface area contributed by atoms with Gasteiger partial charge >= 0.3 is 0 Å². The first-order valence-electron chi connectivity index (χ1n) is 6.38. The third-order valence-corrected chi connectivity index (χ3v) is 3.64. The lowest BCUT2D eigenvalue weighted by Crippen LogP contribution is -2.37. The average Bonchev–Trinajstić information content (AvgIpc) is 2.83. The molecule has 2 rings (SSSR count). The Bertz CT molecular complexity index is 602. The zero-order valence-electron chi connectivity index (χ0n) is 11.3. The third-order valence-electron chi connectivity index (χ3n) is 3.34. The van der Waals surface area contributed by atoms with E-state index in [1.807, 2.05) is 26.0 Å². The van der Waals surface area contributed by atoms with Crippen molar-refractivity contribution in [3.8, 4) is 0 Å². The van der Waals surface area contributed by atoms with Gasteiger partial charge in [0.15, 0.2) is 11.3 Å². The van der Waals surface area contributed by atoms with Gasteiger partial charge in [0.2, 0.25) is 5.78 Å². The fraction of sp³-hybridized carbons (Fsp3) is 0.400. The van der Waals surface area contributed by atoms with Crippen LogP contribution in [-0.4, -0.2) is 18.0 Å². The van der Waals surface area contributed by atoms with Crippen LogP contribution in [-0.2, 0) is 4.74 Å². The predicted molar refractivity (Wildman–Crippen MR) is 75.9 cm³/mol. The summed E-state index contributed by atoms with van der Waals surface area (Å²) < 4.78 is 11.2. The van der Waals surface area contributed by atoms with Gasteiger partial charge in [0.25, 0.3) is 0 Å². The Morgan fingerprint density at radius 1 is 1.42 bits per heavy atom. The number of hydrogen-bond acceptors (Lipinski definition) is 3. The van der Waals surface area contributed by atoms with E-state index in [0.29, 0.717) is 29.4 Å². The largest absolute Gasteiger partial charge is 0.451 e. The van der Waals surface area contributed by atoms with Crippen LogP contribution in [0.15, 0.2) is 28.7 Å². The molecule has 1 aromatic heterocycles. The lowest BCUT2D eigenvalue weighted by molar-refractivity contribution is -0.0132. The fourth-order valence-electron chi connectivity index (χ4n) is 2.05. The summed E-state index contributed by atoms with van der Waals surface area (Å²) in [5.74, 6) is 0.144. The molecule has 1 heterocycles. The minimum Gasteiger partial charge on any atom is -0.451 e. The van der Waals surface area contributed by atoms with Gasteiger partial charge in [-0.3, -0.25) is 4.79 Å². The van der Waals surface area contributed by atoms with Crippen molar-refractivity contribution in [2.24, 2.45) is 0 Å². The van der Waals surface area contributed by atoms with Crippen molar-refractivity contribution in [1.29, 1.82) is 0 Å². The second-order valence-electron chi connectivity index (χ2n) is 4.62. The zero-order valence-corrected chi connectivity index (χ0v) is 12.1. The van der Waals surface area contributed by atoms with Crippen LogP contribution in [0.2, 0.25) is 5.02 Å². The summed E-state index contributed by atoms with van der Waals surface area (Å²) in [5, 5.41) is 1.33. The van der Waals surface area contributed by atoms with Crippen molar-refractivity contribution in [3.63, 3.8) is 0 Å². The Hall–Kier alpha value is -1.32. The third kappa shape index (κ3) is 2.53. The van der Waals surface area contributed by atoms with Crippen molar-refractivity contribution >= 4 is 28.4 Å². The highest BCUT2D eigenvalue weighted by Crippen LogP contribution is 2.30. The van der Waals surface area contributed by atoms with Gasteiger partial charge in [0, 0.05) is 12.0 Å². The number of fused-ring (bicyclic) bond motifs is 1. The molecule has 19 heavy (non-hydrogen) atoms. The van der Waals surface area contributed by atoms with Gasteiger partial charge in [-0.25, -0.2) is 0 Å². The maximum atomic E-state index is 12.5. The molecule has 0 N–H and O–H groups in total. The lowest BCUT2D eigenvalue weighted by atomic mass is 9.95. The molecule has 0 fully saturated rings. The Balaban J connectivity index is 2.44. The van der Waals surface area contributed by atoms with Gasteiger partial charge in [0.05, 0.1) is 5.02 Å². The van der Waals surface area contributed by atoms with Crippen molar-refractivity contribution < 1.29 is 13.9 Å². The predicted octanol–water partition coefficient (Wildman–Crippen LogP) is 4.47. The molecule has 0 saturated carbocycles. The van der Waals surface area contributed by atoms with E-state index in [2.05, 4.69) is 0 Å². The summed E-state index contributed by atoms with van der Waals surface area (Å²) >= 11 is 6.05. The Morgan fingerprint density at radius 2 is 2.16 bits per heavy atom. The number of benzene rings is 1. The number of rotatable bonds is 5. The smallest absolute Gasteiger partial charge is 0.229 e. The molecule has 0 aliphatic rings. The molecule has 0 bridgehead atoms. The van der Waals surface area contributed by atoms with E-state index in [0.717, 1.165) is 5.39 Å². The molecule has 1 atom stereocenters. The second-order valence-corrected chi connectivity index (χ2v) is 5.02. The van der Waals surface area contributed by atoms with E-state index < -0.39 is 5.60 Å². The van der Waals surface area contributed by atoms with Gasteiger partial charge in [0.1, 0.15) is 5.60 Å². The fourth-order valence-corrected chi connectivity index (χ4v) is 2.27. The van der Waals surface area contributed by atoms with Gasteiger partial charge in [-0.2, -0.15) is 0 Å². The summed E-state index contributed by atoms with van der Waals surface area (Å²) in [6, 6.07) is 7.15. The van der Waals surface area contributed by atoms with Crippen LogP contribution >= 0.6 is 11.6 Å². The molecule has 0 spiro atoms. The number of carbonyl (C=O) groups is 1. The van der Waals surface area contributed by atoms with Crippen LogP contribution in [0.3, 0.4) is 0 Å². The number of furan rings is 1. The first kappa shape index (κ1) is 14.1. The molecule has 0 aliphatic carbocycles. The standard InChI is InChI=1S/C15H17ClO3/c1-4-15(3,18-5-2)14(17)12-9-10-7-6-8-11(16)13(10)19-12/h6-9H,4-5H2,1-3H3. The van der Waals surface area contributed by atoms with E-state index in [1.165, 1.54) is 0 Å². The average molecular weight is 281 g/mol. The topological polar surface area (TPSA) is 39.4 Å². The number of carbonyl (C=O) groups excluding carboxylic acids is 1. The minimum atomic E-state index is -0.852. The van der Waals surface area contributed by atoms with Crippen molar-refractivity contribution in [1.82, 2.24) is 0 Å². The monoisotopic (exact) mass is 280 g/mol. The Morgan fingerprint density at radius 3 is 2.74 bits per heavy atom. The summed E-state index contributed by atoms with van der Waals surface area (Å²) in [7, 11) is 0. The molecular weight excluding hydrogens is 264 g/mol. The summed E-state index contributed by atoms with van der Waals surface area (Å²) in [6.07, 6.45) is 0.588. The van der Waals surface area contributed by atoms with Crippen LogP contribution < -0.4 is 0 Å². The molecule has 0 aliphatic heterocycles. The summed E-state index contributed by atoms with van der Waals surface area (Å²) in [4.78, 5) is 12.5. The van der Waals surface area contributed by atoms with Gasteiger partial charge < -0.3 is 9.15 Å². The van der Waals surface area contributed by atoms with Crippen molar-refractivity contribution in [2.45, 2.75) is 32.8 Å². The van der Waals surface area contributed by atoms with Crippen molar-refractivity contribution in [2.75, 3.05) is 6.61 Å². The molecule has 4 heteroatoms. The van der Waals surface area contributed by atoms with Crippen LogP contribution in [0.4, 0.5) is 0 Å². The highest BCUT2D eigenvalue weighted by Gasteiger charge is 2.35. The molecule has 1 unspecified atom stereocenters. The zero-order chi connectivity index (χ0) is 14.0. The van der Waals surface area contributed by atoms with Gasteiger partial charge in [-0.15, -0.1) is 0 Å². The first-order chi connectivity index (χ1) is 9.01. The molecule has 2 aromatic rings. The van der Waals surface area contributed by atoms with Crippen LogP contribution in [0, 0.1) is 0 Å². The Labute approximate surface area is 117 Å². The first-order valence-corrected chi connectivity index (χ1v) is 6.76. The van der Waals surface area contributed by atoms with E-state index in [1.54, 1.807) is 19.1 Å². The van der Waals surface area contributed by atoms with Crippen molar-refractivity contribution in [3.05, 3.63) is 35.0 Å². The lowest BCUT2D eigenvalue weighted by Gasteiger charge is -2.25. The quantitative estimate of drug-likeness (QED) is 0.758. The second kappa shape index (κ2) is 5.35. The maximum Gasteiger partial charge on any atom is 0.229 e. The summed E-state index contributed by atoms with van der Waals surface area (Å²) in [6.45, 7) is 6.06. The van der Waals surface area contributed by atoms with E-state index in [4.69, 9.17) is 20.8 Å². The normalized spacial score (nSPS) is 14.5. The molecular formula is C15H17ClO3. The Kier molecular flexibility index (Phi) is 3.97. The molecule has 0 radical (unpaired) electrons. The highest BCUT2D eigenvalue weighted by molar-refractivity contribution is 6.34. The maximum absolute atomic E-state index is 12.5. The van der Waals surface area contributed by atoms with Crippen LogP contribution in [0.25, 0.3) is 11.0 Å². The summed E-state index contributed by atoms with van der Waals surface area (Å²) in [5.41, 5.74) is -0.308. The van der Waals surface area contributed by atoms with Crippen LogP contribution in [0.1, 0.15) is 37.7 Å². The number of ether oxygens (including phenoxy) is 1. The number of para-hydroxylation sites is 1. The number of halogens is 1. The molecule has 1 aromatic carbocycles. The van der Waals surface area contributed by atoms with Gasteiger partial charge in [-0.05, 0) is 32.4 Å². The molecule has 0 amide bonds. The number of hydrogen-bond donors (Lipinski definition) is 0. The van der Waals surface area contributed by atoms with E-state index in [9.17, 15) is 4.79 Å². The number of ketones is 1.